The van der Waals surface area contributed by atoms with Crippen molar-refractivity contribution in [2.45, 2.75) is 51.4 Å². The van der Waals surface area contributed by atoms with Crippen LogP contribution in [0.4, 0.5) is 9.18 Å². The van der Waals surface area contributed by atoms with Gasteiger partial charge in [0, 0.05) is 19.5 Å². The van der Waals surface area contributed by atoms with Gasteiger partial charge in [-0.2, -0.15) is 5.01 Å². The van der Waals surface area contributed by atoms with E-state index in [1.165, 1.54) is 9.91 Å². The van der Waals surface area contributed by atoms with Crippen LogP contribution in [0.3, 0.4) is 0 Å². The van der Waals surface area contributed by atoms with Crippen LogP contribution in [-0.2, 0) is 22.6 Å². The summed E-state index contributed by atoms with van der Waals surface area (Å²) >= 11 is 0. The van der Waals surface area contributed by atoms with Crippen molar-refractivity contribution in [3.8, 4) is 0 Å². The Kier molecular flexibility index (Phi) is 8.53. The van der Waals surface area contributed by atoms with Crippen molar-refractivity contribution < 1.29 is 18.8 Å². The second-order valence-electron chi connectivity index (χ2n) is 9.25. The molecule has 0 unspecified atom stereocenters. The molecule has 2 heterocycles. The minimum Gasteiger partial charge on any atom is -0.337 e. The SMILES string of the molecule is CCCCCN1C[C@H]2N(C(=O)CN(CF)N2C(=O)NCc2ccccc2)[C@@H](Cc2ccccc2)C1=O. The summed E-state index contributed by atoms with van der Waals surface area (Å²) in [6, 6.07) is 17.7. The maximum absolute atomic E-state index is 14.1. The Balaban J connectivity index is 1.62. The molecule has 2 saturated heterocycles. The minimum atomic E-state index is -0.984. The van der Waals surface area contributed by atoms with E-state index in [4.69, 9.17) is 0 Å². The lowest BCUT2D eigenvalue weighted by Crippen LogP contribution is -2.76. The quantitative estimate of drug-likeness (QED) is 0.428. The highest BCUT2D eigenvalue weighted by atomic mass is 19.1. The lowest BCUT2D eigenvalue weighted by molar-refractivity contribution is -0.194. The number of urea groups is 1. The maximum Gasteiger partial charge on any atom is 0.334 e. The second kappa shape index (κ2) is 12.0. The Morgan fingerprint density at radius 2 is 1.67 bits per heavy atom. The molecule has 2 aromatic carbocycles. The van der Waals surface area contributed by atoms with Crippen molar-refractivity contribution in [2.75, 3.05) is 26.4 Å². The summed E-state index contributed by atoms with van der Waals surface area (Å²) in [5.41, 5.74) is 1.83. The van der Waals surface area contributed by atoms with E-state index in [9.17, 15) is 18.8 Å². The molecule has 0 bridgehead atoms. The van der Waals surface area contributed by atoms with E-state index >= 15 is 0 Å². The first kappa shape index (κ1) is 25.6. The van der Waals surface area contributed by atoms with E-state index in [0.29, 0.717) is 13.0 Å². The van der Waals surface area contributed by atoms with Gasteiger partial charge in [0.2, 0.25) is 11.8 Å². The number of hydrogen-bond donors (Lipinski definition) is 1. The number of carbonyl (C=O) groups is 3. The summed E-state index contributed by atoms with van der Waals surface area (Å²) in [7, 11) is 0. The average molecular weight is 496 g/mol. The zero-order valence-corrected chi connectivity index (χ0v) is 20.7. The van der Waals surface area contributed by atoms with Crippen molar-refractivity contribution in [3.63, 3.8) is 0 Å². The number of nitrogens with zero attached hydrogens (tertiary/aromatic N) is 4. The molecule has 2 atom stereocenters. The number of amides is 4. The van der Waals surface area contributed by atoms with Gasteiger partial charge in [-0.1, -0.05) is 80.4 Å². The molecule has 2 fully saturated rings. The Hall–Kier alpha value is -3.46. The van der Waals surface area contributed by atoms with E-state index in [0.717, 1.165) is 35.4 Å². The lowest BCUT2D eigenvalue weighted by Gasteiger charge is -2.54. The van der Waals surface area contributed by atoms with E-state index in [1.807, 2.05) is 60.7 Å². The molecule has 8 nitrogen and oxygen atoms in total. The van der Waals surface area contributed by atoms with Gasteiger partial charge in [0.1, 0.15) is 18.8 Å². The van der Waals surface area contributed by atoms with Gasteiger partial charge < -0.3 is 15.1 Å². The number of nitrogens with one attached hydrogen (secondary N) is 1. The second-order valence-corrected chi connectivity index (χ2v) is 9.25. The molecule has 2 aliphatic rings. The number of rotatable bonds is 9. The van der Waals surface area contributed by atoms with Gasteiger partial charge in [-0.3, -0.25) is 9.59 Å². The topological polar surface area (TPSA) is 76.2 Å². The molecule has 1 N–H and O–H groups in total. The summed E-state index contributed by atoms with van der Waals surface area (Å²) in [6.45, 7) is 1.75. The maximum atomic E-state index is 14.1. The number of hydrazine groups is 1. The number of hydrogen-bond acceptors (Lipinski definition) is 4. The Morgan fingerprint density at radius 1 is 1.00 bits per heavy atom. The van der Waals surface area contributed by atoms with E-state index < -0.39 is 25.0 Å². The number of halogens is 1. The molecule has 2 aliphatic heterocycles. The molecule has 0 spiro atoms. The Bertz CT molecular complexity index is 1040. The fourth-order valence-electron chi connectivity index (χ4n) is 4.95. The smallest absolute Gasteiger partial charge is 0.334 e. The summed E-state index contributed by atoms with van der Waals surface area (Å²) in [5, 5.41) is 5.28. The first-order valence-corrected chi connectivity index (χ1v) is 12.6. The zero-order chi connectivity index (χ0) is 25.5. The van der Waals surface area contributed by atoms with Gasteiger partial charge in [0.25, 0.3) is 0 Å². The minimum absolute atomic E-state index is 0.127. The average Bonchev–Trinajstić information content (AvgIpc) is 2.90. The number of carbonyl (C=O) groups excluding carboxylic acids is 3. The third-order valence-corrected chi connectivity index (χ3v) is 6.77. The first-order valence-electron chi connectivity index (χ1n) is 12.6. The van der Waals surface area contributed by atoms with Crippen molar-refractivity contribution >= 4 is 17.8 Å². The predicted octanol–water partition coefficient (Wildman–Crippen LogP) is 3.15. The fourth-order valence-corrected chi connectivity index (χ4v) is 4.95. The van der Waals surface area contributed by atoms with Crippen LogP contribution in [-0.4, -0.2) is 76.3 Å². The molecular weight excluding hydrogens is 461 g/mol. The highest BCUT2D eigenvalue weighted by Gasteiger charge is 2.51. The molecular formula is C27H34FN5O3. The van der Waals surface area contributed by atoms with Crippen LogP contribution in [0.2, 0.25) is 0 Å². The van der Waals surface area contributed by atoms with E-state index in [1.54, 1.807) is 4.90 Å². The van der Waals surface area contributed by atoms with Crippen LogP contribution in [0.1, 0.15) is 37.3 Å². The first-order chi connectivity index (χ1) is 17.5. The molecule has 4 rings (SSSR count). The van der Waals surface area contributed by atoms with Gasteiger partial charge >= 0.3 is 6.03 Å². The summed E-state index contributed by atoms with van der Waals surface area (Å²) in [4.78, 5) is 43.4. The summed E-state index contributed by atoms with van der Waals surface area (Å²) < 4.78 is 14.1. The molecule has 4 amide bonds. The van der Waals surface area contributed by atoms with Crippen LogP contribution in [0, 0.1) is 0 Å². The lowest BCUT2D eigenvalue weighted by atomic mass is 9.98. The molecule has 0 radical (unpaired) electrons. The van der Waals surface area contributed by atoms with Gasteiger partial charge in [0.15, 0.2) is 6.80 Å². The molecule has 0 saturated carbocycles. The fraction of sp³-hybridized carbons (Fsp3) is 0.444. The van der Waals surface area contributed by atoms with Crippen LogP contribution in [0.25, 0.3) is 0 Å². The standard InChI is InChI=1S/C27H34FN5O3/c1-2-3-10-15-30-18-24-32(23(26(30)35)16-21-11-6-4-7-12-21)25(34)19-31(20-28)33(24)27(36)29-17-22-13-8-5-9-14-22/h4-9,11-14,23-24H,2-3,10,15-20H2,1H3,(H,29,36)/t23-,24-/m0/s1. The number of benzene rings is 2. The molecule has 36 heavy (non-hydrogen) atoms. The zero-order valence-electron chi connectivity index (χ0n) is 20.7. The largest absolute Gasteiger partial charge is 0.337 e. The number of alkyl halides is 1. The van der Waals surface area contributed by atoms with Gasteiger partial charge in [-0.05, 0) is 17.5 Å². The van der Waals surface area contributed by atoms with E-state index in [2.05, 4.69) is 12.2 Å². The molecule has 2 aromatic rings. The molecule has 0 aromatic heterocycles. The molecule has 9 heteroatoms. The highest BCUT2D eigenvalue weighted by molar-refractivity contribution is 5.91. The normalized spacial score (nSPS) is 20.4. The predicted molar refractivity (Wildman–Crippen MR) is 134 cm³/mol. The third-order valence-electron chi connectivity index (χ3n) is 6.77. The molecule has 0 aliphatic carbocycles. The van der Waals surface area contributed by atoms with Crippen LogP contribution in [0.15, 0.2) is 60.7 Å². The number of fused-ring (bicyclic) bond motifs is 1. The summed E-state index contributed by atoms with van der Waals surface area (Å²) in [5.74, 6) is -0.481. The van der Waals surface area contributed by atoms with Crippen LogP contribution in [0.5, 0.6) is 0 Å². The van der Waals surface area contributed by atoms with E-state index in [-0.39, 0.29) is 31.4 Å². The third kappa shape index (κ3) is 5.67. The van der Waals surface area contributed by atoms with Gasteiger partial charge in [-0.25, -0.2) is 14.2 Å². The van der Waals surface area contributed by atoms with Crippen LogP contribution >= 0.6 is 0 Å². The highest BCUT2D eigenvalue weighted by Crippen LogP contribution is 2.28. The Labute approximate surface area is 211 Å². The monoisotopic (exact) mass is 495 g/mol. The van der Waals surface area contributed by atoms with Crippen molar-refractivity contribution in [3.05, 3.63) is 71.8 Å². The van der Waals surface area contributed by atoms with Crippen molar-refractivity contribution in [1.29, 1.82) is 0 Å². The number of piperazine rings is 1. The van der Waals surface area contributed by atoms with Gasteiger partial charge in [0.05, 0.1) is 6.54 Å². The Morgan fingerprint density at radius 3 is 2.31 bits per heavy atom. The van der Waals surface area contributed by atoms with Gasteiger partial charge in [-0.15, -0.1) is 0 Å². The summed E-state index contributed by atoms with van der Waals surface area (Å²) in [6.07, 6.45) is 2.35. The van der Waals surface area contributed by atoms with Crippen molar-refractivity contribution in [1.82, 2.24) is 25.1 Å². The molecule has 192 valence electrons. The van der Waals surface area contributed by atoms with Crippen LogP contribution < -0.4 is 5.32 Å². The van der Waals surface area contributed by atoms with Crippen molar-refractivity contribution in [2.24, 2.45) is 0 Å². The number of unbranched alkanes of at least 4 members (excludes halogenated alkanes) is 2.